The van der Waals surface area contributed by atoms with E-state index in [1.807, 2.05) is 6.92 Å². The third-order valence-electron chi connectivity index (χ3n) is 2.37. The summed E-state index contributed by atoms with van der Waals surface area (Å²) in [5.41, 5.74) is 1.18. The van der Waals surface area contributed by atoms with Crippen LogP contribution in [-0.2, 0) is 15.7 Å². The van der Waals surface area contributed by atoms with E-state index in [4.69, 9.17) is 13.8 Å². The lowest BCUT2D eigenvalue weighted by Gasteiger charge is -2.18. The number of hydrogen-bond acceptors (Lipinski definition) is 6. The van der Waals surface area contributed by atoms with Gasteiger partial charge in [-0.1, -0.05) is 9.39 Å². The molecule has 0 heterocycles. The van der Waals surface area contributed by atoms with Gasteiger partial charge in [-0.15, -0.1) is 0 Å². The van der Waals surface area contributed by atoms with Crippen molar-refractivity contribution in [2.45, 2.75) is 13.5 Å². The molecule has 0 radical (unpaired) electrons. The maximum absolute atomic E-state index is 11.8. The highest BCUT2D eigenvalue weighted by atomic mass is 31.2. The number of ether oxygens (including phenoxy) is 1. The number of aryl methyl sites for hydroxylation is 1. The summed E-state index contributed by atoms with van der Waals surface area (Å²) in [6.45, 7) is 1.84. The van der Waals surface area contributed by atoms with Gasteiger partial charge in [0.1, 0.15) is 0 Å². The van der Waals surface area contributed by atoms with Crippen LogP contribution < -0.4 is 14.3 Å². The van der Waals surface area contributed by atoms with Gasteiger partial charge < -0.3 is 14.4 Å². The quantitative estimate of drug-likeness (QED) is 0.491. The molecule has 9 heteroatoms. The lowest BCUT2D eigenvalue weighted by Crippen LogP contribution is -2.10. The average molecular weight is 323 g/mol. The lowest BCUT2D eigenvalue weighted by atomic mass is 10.1. The zero-order valence-corrected chi connectivity index (χ0v) is 13.4. The van der Waals surface area contributed by atoms with E-state index >= 15 is 0 Å². The Hall–Kier alpha value is -0.680. The fraction of sp³-hybridized carbons (Fsp3) is 0.455. The first-order valence-corrected chi connectivity index (χ1v) is 7.89. The van der Waals surface area contributed by atoms with Crippen LogP contribution in [0.25, 0.3) is 0 Å². The van der Waals surface area contributed by atoms with Crippen molar-refractivity contribution in [3.63, 3.8) is 0 Å². The second-order valence-corrected chi connectivity index (χ2v) is 5.75. The smallest absolute Gasteiger partial charge is 0.493 e. The van der Waals surface area contributed by atoms with Crippen LogP contribution in [0.1, 0.15) is 11.1 Å². The Labute approximate surface area is 120 Å². The first kappa shape index (κ1) is 17.4. The minimum atomic E-state index is -4.28. The molecule has 1 aromatic rings. The predicted octanol–water partition coefficient (Wildman–Crippen LogP) is 1.37. The first-order valence-electron chi connectivity index (χ1n) is 5.82. The van der Waals surface area contributed by atoms with Crippen molar-refractivity contribution < 1.29 is 28.3 Å². The Morgan fingerprint density at radius 2 is 2.15 bits per heavy atom. The zero-order valence-electron chi connectivity index (χ0n) is 11.3. The fourth-order valence-electron chi connectivity index (χ4n) is 1.55. The van der Waals surface area contributed by atoms with Gasteiger partial charge in [0.15, 0.2) is 11.5 Å². The Morgan fingerprint density at radius 1 is 1.45 bits per heavy atom. The molecule has 0 bridgehead atoms. The van der Waals surface area contributed by atoms with Gasteiger partial charge in [-0.25, -0.2) is 4.57 Å². The largest absolute Gasteiger partial charge is 0.527 e. The van der Waals surface area contributed by atoms with Gasteiger partial charge in [0, 0.05) is 12.1 Å². The van der Waals surface area contributed by atoms with Crippen LogP contribution >= 0.6 is 17.2 Å². The number of benzene rings is 1. The topological polar surface area (TPSA) is 97.2 Å². The van der Waals surface area contributed by atoms with Crippen molar-refractivity contribution in [2.24, 2.45) is 0 Å². The molecule has 2 unspecified atom stereocenters. The van der Waals surface area contributed by atoms with E-state index in [1.54, 1.807) is 12.1 Å². The summed E-state index contributed by atoms with van der Waals surface area (Å²) in [4.78, 5) is 9.64. The maximum Gasteiger partial charge on any atom is 0.527 e. The number of aliphatic hydroxyl groups is 1. The molecule has 0 saturated carbocycles. The molecule has 0 saturated heterocycles. The molecule has 0 amide bonds. The van der Waals surface area contributed by atoms with Gasteiger partial charge in [-0.3, -0.25) is 14.5 Å². The molecular weight excluding hydrogens is 304 g/mol. The van der Waals surface area contributed by atoms with E-state index in [0.717, 1.165) is 5.56 Å². The summed E-state index contributed by atoms with van der Waals surface area (Å²) in [6, 6.07) is 3.28. The van der Waals surface area contributed by atoms with Crippen molar-refractivity contribution in [1.29, 1.82) is 0 Å². The second-order valence-electron chi connectivity index (χ2n) is 3.96. The van der Waals surface area contributed by atoms with Crippen LogP contribution in [0, 0.1) is 6.92 Å². The van der Waals surface area contributed by atoms with Gasteiger partial charge in [0.05, 0.1) is 20.3 Å². The molecule has 7 nitrogen and oxygen atoms in total. The minimum Gasteiger partial charge on any atom is -0.493 e. The Kier molecular flexibility index (Phi) is 6.89. The number of phosphoric ester groups is 1. The fourth-order valence-corrected chi connectivity index (χ4v) is 2.48. The SMILES string of the molecule is COc1cc(C)cc(CO)c1OP(=O)(O)OCCNP. The summed E-state index contributed by atoms with van der Waals surface area (Å²) in [7, 11) is -0.624. The Bertz CT molecular complexity index is 471. The first-order chi connectivity index (χ1) is 9.43. The second kappa shape index (κ2) is 7.93. The monoisotopic (exact) mass is 323 g/mol. The highest BCUT2D eigenvalue weighted by Crippen LogP contribution is 2.48. The molecule has 0 aliphatic carbocycles. The predicted molar refractivity (Wildman–Crippen MR) is 77.8 cm³/mol. The van der Waals surface area contributed by atoms with Gasteiger partial charge in [-0.05, 0) is 24.6 Å². The average Bonchev–Trinajstić information content (AvgIpc) is 2.40. The summed E-state index contributed by atoms with van der Waals surface area (Å²) in [5, 5.41) is 12.0. The van der Waals surface area contributed by atoms with Crippen molar-refractivity contribution >= 4 is 17.2 Å². The van der Waals surface area contributed by atoms with Gasteiger partial charge in [-0.2, -0.15) is 0 Å². The number of nitrogens with one attached hydrogen (secondary N) is 1. The molecule has 0 aliphatic heterocycles. The highest BCUT2D eigenvalue weighted by Gasteiger charge is 2.26. The molecule has 0 aliphatic rings. The number of hydrogen-bond donors (Lipinski definition) is 3. The molecule has 0 fully saturated rings. The molecular formula is C11H19NO6P2. The summed E-state index contributed by atoms with van der Waals surface area (Å²) in [6.07, 6.45) is 0. The number of methoxy groups -OCH3 is 1. The van der Waals surface area contributed by atoms with Crippen molar-refractivity contribution in [3.8, 4) is 11.5 Å². The van der Waals surface area contributed by atoms with Crippen LogP contribution in [0.4, 0.5) is 0 Å². The number of phosphoric acid groups is 1. The lowest BCUT2D eigenvalue weighted by molar-refractivity contribution is 0.201. The number of rotatable bonds is 8. The maximum atomic E-state index is 11.8. The van der Waals surface area contributed by atoms with E-state index in [9.17, 15) is 14.6 Å². The van der Waals surface area contributed by atoms with Crippen LogP contribution in [-0.4, -0.2) is 30.3 Å². The molecule has 0 aromatic heterocycles. The minimum absolute atomic E-state index is 0.0000864. The summed E-state index contributed by atoms with van der Waals surface area (Å²) >= 11 is 0. The molecule has 114 valence electrons. The Morgan fingerprint density at radius 3 is 2.70 bits per heavy atom. The summed E-state index contributed by atoms with van der Waals surface area (Å²) < 4.78 is 26.7. The molecule has 0 spiro atoms. The third-order valence-corrected chi connectivity index (χ3v) is 3.58. The molecule has 20 heavy (non-hydrogen) atoms. The Balaban J connectivity index is 2.98. The zero-order chi connectivity index (χ0) is 15.2. The molecule has 2 atom stereocenters. The molecule has 1 aromatic carbocycles. The van der Waals surface area contributed by atoms with Crippen LogP contribution in [0.2, 0.25) is 0 Å². The highest BCUT2D eigenvalue weighted by molar-refractivity contribution is 7.47. The van der Waals surface area contributed by atoms with E-state index in [-0.39, 0.29) is 24.7 Å². The molecule has 1 rings (SSSR count). The van der Waals surface area contributed by atoms with Crippen LogP contribution in [0.5, 0.6) is 11.5 Å². The van der Waals surface area contributed by atoms with Crippen molar-refractivity contribution in [3.05, 3.63) is 23.3 Å². The van der Waals surface area contributed by atoms with Crippen LogP contribution in [0.3, 0.4) is 0 Å². The van der Waals surface area contributed by atoms with Crippen molar-refractivity contribution in [2.75, 3.05) is 20.3 Å². The van der Waals surface area contributed by atoms with Crippen molar-refractivity contribution in [1.82, 2.24) is 5.09 Å². The van der Waals surface area contributed by atoms with Crippen LogP contribution in [0.15, 0.2) is 12.1 Å². The van der Waals surface area contributed by atoms with E-state index in [1.165, 1.54) is 7.11 Å². The number of aliphatic hydroxyl groups excluding tert-OH is 1. The van der Waals surface area contributed by atoms with Gasteiger partial charge >= 0.3 is 7.82 Å². The van der Waals surface area contributed by atoms with E-state index in [2.05, 4.69) is 14.5 Å². The standard InChI is InChI=1S/C11H19NO6P2/c1-8-5-9(7-13)11(10(6-8)16-2)18-20(14,15)17-4-3-12-19/h5-6,12-13H,3-4,7,19H2,1-2H3,(H,14,15). The van der Waals surface area contributed by atoms with Gasteiger partial charge in [0.25, 0.3) is 0 Å². The van der Waals surface area contributed by atoms with Gasteiger partial charge in [0.2, 0.25) is 0 Å². The van der Waals surface area contributed by atoms with E-state index in [0.29, 0.717) is 12.1 Å². The normalized spacial score (nSPS) is 13.8. The van der Waals surface area contributed by atoms with E-state index < -0.39 is 7.82 Å². The molecule has 3 N–H and O–H groups in total. The summed E-state index contributed by atoms with van der Waals surface area (Å²) in [5.74, 6) is 0.265. The third kappa shape index (κ3) is 5.02.